The zero-order valence-corrected chi connectivity index (χ0v) is 10.8. The van der Waals surface area contributed by atoms with Gasteiger partial charge in [0.05, 0.1) is 6.54 Å². The van der Waals surface area contributed by atoms with Crippen LogP contribution in [0.4, 0.5) is 0 Å². The highest BCUT2D eigenvalue weighted by Gasteiger charge is 2.02. The number of Topliss-reactive ketones (excluding diaryl/α,β-unsaturated/α-hetero) is 1. The first-order chi connectivity index (χ1) is 8.18. The predicted molar refractivity (Wildman–Crippen MR) is 70.1 cm³/mol. The number of ketones is 1. The molecule has 1 aromatic carbocycles. The molecule has 1 N–H and O–H groups in total. The Morgan fingerprint density at radius 1 is 1.24 bits per heavy atom. The normalized spacial score (nSPS) is 9.94. The number of benzene rings is 1. The van der Waals surface area contributed by atoms with Crippen molar-refractivity contribution in [3.05, 3.63) is 30.3 Å². The van der Waals surface area contributed by atoms with Crippen molar-refractivity contribution in [2.24, 2.45) is 0 Å². The topological polar surface area (TPSA) is 46.2 Å². The summed E-state index contributed by atoms with van der Waals surface area (Å²) in [5.74, 6) is 0.850. The summed E-state index contributed by atoms with van der Waals surface area (Å²) < 4.78 is 0. The van der Waals surface area contributed by atoms with Crippen LogP contribution >= 0.6 is 11.8 Å². The lowest BCUT2D eigenvalue weighted by Crippen LogP contribution is -2.27. The van der Waals surface area contributed by atoms with Gasteiger partial charge in [-0.15, -0.1) is 11.8 Å². The van der Waals surface area contributed by atoms with Crippen molar-refractivity contribution in [2.45, 2.75) is 24.7 Å². The molecule has 0 aromatic heterocycles. The third-order valence-corrected chi connectivity index (χ3v) is 3.19. The Kier molecular flexibility index (Phi) is 6.40. The van der Waals surface area contributed by atoms with Gasteiger partial charge < -0.3 is 5.32 Å². The SMILES string of the molecule is CC(=O)CNC(=O)CCCSc1ccccc1. The van der Waals surface area contributed by atoms with E-state index in [-0.39, 0.29) is 18.2 Å². The zero-order chi connectivity index (χ0) is 12.5. The molecule has 0 saturated heterocycles. The summed E-state index contributed by atoms with van der Waals surface area (Å²) in [6.07, 6.45) is 1.30. The second kappa shape index (κ2) is 7.90. The van der Waals surface area contributed by atoms with E-state index in [1.807, 2.05) is 18.2 Å². The van der Waals surface area contributed by atoms with Crippen LogP contribution < -0.4 is 5.32 Å². The van der Waals surface area contributed by atoms with E-state index in [0.29, 0.717) is 6.42 Å². The summed E-state index contributed by atoms with van der Waals surface area (Å²) in [4.78, 5) is 23.1. The number of hydrogen-bond donors (Lipinski definition) is 1. The van der Waals surface area contributed by atoms with E-state index in [1.165, 1.54) is 11.8 Å². The predicted octanol–water partition coefficient (Wildman–Crippen LogP) is 2.26. The van der Waals surface area contributed by atoms with E-state index in [2.05, 4.69) is 17.4 Å². The largest absolute Gasteiger partial charge is 0.349 e. The van der Waals surface area contributed by atoms with E-state index >= 15 is 0 Å². The molecule has 0 fully saturated rings. The molecule has 3 nitrogen and oxygen atoms in total. The molecule has 0 aliphatic heterocycles. The Hall–Kier alpha value is -1.29. The molecule has 0 unspecified atom stereocenters. The van der Waals surface area contributed by atoms with Gasteiger partial charge >= 0.3 is 0 Å². The van der Waals surface area contributed by atoms with Gasteiger partial charge in [-0.3, -0.25) is 9.59 Å². The van der Waals surface area contributed by atoms with Crippen LogP contribution in [0.25, 0.3) is 0 Å². The van der Waals surface area contributed by atoms with Gasteiger partial charge in [-0.25, -0.2) is 0 Å². The monoisotopic (exact) mass is 251 g/mol. The highest BCUT2D eigenvalue weighted by Crippen LogP contribution is 2.18. The van der Waals surface area contributed by atoms with E-state index in [4.69, 9.17) is 0 Å². The third kappa shape index (κ3) is 6.79. The molecule has 0 radical (unpaired) electrons. The maximum atomic E-state index is 11.3. The van der Waals surface area contributed by atoms with Gasteiger partial charge in [0.15, 0.2) is 0 Å². The molecule has 1 rings (SSSR count). The van der Waals surface area contributed by atoms with Gasteiger partial charge in [0.25, 0.3) is 0 Å². The Balaban J connectivity index is 2.08. The van der Waals surface area contributed by atoms with Crippen molar-refractivity contribution in [1.29, 1.82) is 0 Å². The van der Waals surface area contributed by atoms with Crippen LogP contribution in [-0.2, 0) is 9.59 Å². The average molecular weight is 251 g/mol. The molecular weight excluding hydrogens is 234 g/mol. The molecular formula is C13H17NO2S. The molecule has 0 heterocycles. The van der Waals surface area contributed by atoms with Crippen LogP contribution in [0.1, 0.15) is 19.8 Å². The van der Waals surface area contributed by atoms with Crippen LogP contribution in [0, 0.1) is 0 Å². The van der Waals surface area contributed by atoms with Gasteiger partial charge in [0, 0.05) is 11.3 Å². The number of carbonyl (C=O) groups excluding carboxylic acids is 2. The van der Waals surface area contributed by atoms with Crippen LogP contribution in [0.15, 0.2) is 35.2 Å². The van der Waals surface area contributed by atoms with E-state index in [1.54, 1.807) is 11.8 Å². The summed E-state index contributed by atoms with van der Waals surface area (Å²) >= 11 is 1.74. The smallest absolute Gasteiger partial charge is 0.220 e. The molecule has 0 spiro atoms. The van der Waals surface area contributed by atoms with Crippen molar-refractivity contribution in [3.8, 4) is 0 Å². The third-order valence-electron chi connectivity index (χ3n) is 2.09. The molecule has 0 saturated carbocycles. The highest BCUT2D eigenvalue weighted by molar-refractivity contribution is 7.99. The summed E-state index contributed by atoms with van der Waals surface area (Å²) in [6.45, 7) is 1.61. The Bertz CT molecular complexity index is 365. The number of rotatable bonds is 7. The Morgan fingerprint density at radius 2 is 1.94 bits per heavy atom. The van der Waals surface area contributed by atoms with Crippen molar-refractivity contribution in [1.82, 2.24) is 5.32 Å². The van der Waals surface area contributed by atoms with E-state index in [0.717, 1.165) is 12.2 Å². The lowest BCUT2D eigenvalue weighted by Gasteiger charge is -2.03. The molecule has 1 amide bonds. The number of nitrogens with one attached hydrogen (secondary N) is 1. The molecule has 0 bridgehead atoms. The van der Waals surface area contributed by atoms with Gasteiger partial charge in [0.1, 0.15) is 5.78 Å². The first kappa shape index (κ1) is 13.8. The van der Waals surface area contributed by atoms with E-state index < -0.39 is 0 Å². The van der Waals surface area contributed by atoms with Crippen molar-refractivity contribution in [3.63, 3.8) is 0 Å². The number of hydrogen-bond acceptors (Lipinski definition) is 3. The minimum atomic E-state index is -0.0474. The molecule has 0 atom stereocenters. The fourth-order valence-corrected chi connectivity index (χ4v) is 2.12. The van der Waals surface area contributed by atoms with Crippen molar-refractivity contribution < 1.29 is 9.59 Å². The van der Waals surface area contributed by atoms with Crippen molar-refractivity contribution in [2.75, 3.05) is 12.3 Å². The fraction of sp³-hybridized carbons (Fsp3) is 0.385. The molecule has 0 aliphatic carbocycles. The fourth-order valence-electron chi connectivity index (χ4n) is 1.25. The zero-order valence-electron chi connectivity index (χ0n) is 9.94. The second-order valence-electron chi connectivity index (χ2n) is 3.74. The first-order valence-electron chi connectivity index (χ1n) is 5.62. The van der Waals surface area contributed by atoms with Crippen LogP contribution in [0.3, 0.4) is 0 Å². The quantitative estimate of drug-likeness (QED) is 0.597. The second-order valence-corrected chi connectivity index (χ2v) is 4.91. The average Bonchev–Trinajstić information content (AvgIpc) is 2.33. The van der Waals surface area contributed by atoms with Crippen LogP contribution in [0.2, 0.25) is 0 Å². The van der Waals surface area contributed by atoms with E-state index in [9.17, 15) is 9.59 Å². The number of thioether (sulfide) groups is 1. The standard InChI is InChI=1S/C13H17NO2S/c1-11(15)10-14-13(16)8-5-9-17-12-6-3-2-4-7-12/h2-4,6-7H,5,8-10H2,1H3,(H,14,16). The van der Waals surface area contributed by atoms with Crippen molar-refractivity contribution >= 4 is 23.5 Å². The lowest BCUT2D eigenvalue weighted by atomic mass is 10.3. The maximum absolute atomic E-state index is 11.3. The summed E-state index contributed by atoms with van der Waals surface area (Å²) in [5.41, 5.74) is 0. The summed E-state index contributed by atoms with van der Waals surface area (Å²) in [7, 11) is 0. The van der Waals surface area contributed by atoms with Crippen LogP contribution in [-0.4, -0.2) is 24.0 Å². The Morgan fingerprint density at radius 3 is 2.59 bits per heavy atom. The molecule has 0 aliphatic rings. The van der Waals surface area contributed by atoms with Gasteiger partial charge in [0.2, 0.25) is 5.91 Å². The minimum absolute atomic E-state index is 0.0167. The number of amides is 1. The molecule has 4 heteroatoms. The highest BCUT2D eigenvalue weighted by atomic mass is 32.2. The summed E-state index contributed by atoms with van der Waals surface area (Å²) in [5, 5.41) is 2.58. The molecule has 1 aromatic rings. The van der Waals surface area contributed by atoms with Gasteiger partial charge in [-0.05, 0) is 31.2 Å². The molecule has 92 valence electrons. The molecule has 17 heavy (non-hydrogen) atoms. The van der Waals surface area contributed by atoms with Gasteiger partial charge in [-0.1, -0.05) is 18.2 Å². The maximum Gasteiger partial charge on any atom is 0.220 e. The minimum Gasteiger partial charge on any atom is -0.349 e. The summed E-state index contributed by atoms with van der Waals surface area (Å²) in [6, 6.07) is 10.1. The van der Waals surface area contributed by atoms with Gasteiger partial charge in [-0.2, -0.15) is 0 Å². The number of carbonyl (C=O) groups is 2. The Labute approximate surface area is 106 Å². The lowest BCUT2D eigenvalue weighted by molar-refractivity contribution is -0.124. The van der Waals surface area contributed by atoms with Crippen LogP contribution in [0.5, 0.6) is 0 Å². The first-order valence-corrected chi connectivity index (χ1v) is 6.61.